The van der Waals surface area contributed by atoms with Gasteiger partial charge in [-0.1, -0.05) is 6.07 Å². The van der Waals surface area contributed by atoms with Gasteiger partial charge in [0, 0.05) is 11.1 Å². The van der Waals surface area contributed by atoms with Crippen molar-refractivity contribution in [3.8, 4) is 0 Å². The van der Waals surface area contributed by atoms with Crippen LogP contribution in [0.15, 0.2) is 24.4 Å². The molecule has 1 aromatic heterocycles. The Bertz CT molecular complexity index is 693. The molecule has 0 aliphatic rings. The van der Waals surface area contributed by atoms with Crippen molar-refractivity contribution in [3.63, 3.8) is 0 Å². The first-order chi connectivity index (χ1) is 10.9. The maximum Gasteiger partial charge on any atom is 0.315 e. The molecule has 2 unspecified atom stereocenters. The Labute approximate surface area is 136 Å². The van der Waals surface area contributed by atoms with Crippen LogP contribution in [0.4, 0.5) is 13.6 Å². The summed E-state index contributed by atoms with van der Waals surface area (Å²) in [6.07, 6.45) is 0.529. The fourth-order valence-corrected chi connectivity index (χ4v) is 2.71. The number of aliphatic hydroxyl groups is 1. The van der Waals surface area contributed by atoms with Gasteiger partial charge in [0.25, 0.3) is 0 Å². The van der Waals surface area contributed by atoms with Crippen LogP contribution in [0, 0.1) is 18.6 Å². The Hall–Kier alpha value is -2.06. The fourth-order valence-electron chi connectivity index (χ4n) is 1.98. The van der Waals surface area contributed by atoms with Gasteiger partial charge in [0.05, 0.1) is 23.7 Å². The Morgan fingerprint density at radius 2 is 2.13 bits per heavy atom. The monoisotopic (exact) mass is 341 g/mol. The SMILES string of the molecule is Cc1ncc(CNC(=O)NC(C)C(O)c2ccc(F)c(F)c2)s1. The van der Waals surface area contributed by atoms with Gasteiger partial charge in [0.1, 0.15) is 0 Å². The number of hydrogen-bond donors (Lipinski definition) is 3. The molecule has 8 heteroatoms. The van der Waals surface area contributed by atoms with Gasteiger partial charge in [-0.2, -0.15) is 0 Å². The number of nitrogens with one attached hydrogen (secondary N) is 2. The van der Waals surface area contributed by atoms with Gasteiger partial charge < -0.3 is 15.7 Å². The van der Waals surface area contributed by atoms with Crippen LogP contribution in [0.3, 0.4) is 0 Å². The Morgan fingerprint density at radius 3 is 2.74 bits per heavy atom. The maximum atomic E-state index is 13.2. The molecule has 5 nitrogen and oxygen atoms in total. The molecule has 0 saturated carbocycles. The Balaban J connectivity index is 1.88. The minimum absolute atomic E-state index is 0.190. The Kier molecular flexibility index (Phi) is 5.62. The van der Waals surface area contributed by atoms with Crippen molar-refractivity contribution in [1.29, 1.82) is 0 Å². The number of thiazole rings is 1. The number of halogens is 2. The molecule has 2 aromatic rings. The van der Waals surface area contributed by atoms with Crippen molar-refractivity contribution in [2.45, 2.75) is 32.5 Å². The molecule has 0 aliphatic heterocycles. The second-order valence-corrected chi connectivity index (χ2v) is 6.40. The summed E-state index contributed by atoms with van der Waals surface area (Å²) in [5, 5.41) is 16.2. The number of benzene rings is 1. The smallest absolute Gasteiger partial charge is 0.315 e. The quantitative estimate of drug-likeness (QED) is 0.783. The molecule has 0 spiro atoms. The van der Waals surface area contributed by atoms with Crippen molar-refractivity contribution < 1.29 is 18.7 Å². The van der Waals surface area contributed by atoms with Crippen molar-refractivity contribution >= 4 is 17.4 Å². The topological polar surface area (TPSA) is 74.2 Å². The molecular formula is C15H17F2N3O2S. The van der Waals surface area contributed by atoms with Crippen molar-refractivity contribution in [2.75, 3.05) is 0 Å². The zero-order valence-corrected chi connectivity index (χ0v) is 13.5. The van der Waals surface area contributed by atoms with Gasteiger partial charge in [-0.05, 0) is 31.5 Å². The zero-order chi connectivity index (χ0) is 17.0. The summed E-state index contributed by atoms with van der Waals surface area (Å²) in [5.74, 6) is -2.03. The van der Waals surface area contributed by atoms with Crippen LogP contribution in [-0.2, 0) is 6.54 Å². The molecule has 0 aliphatic carbocycles. The molecule has 124 valence electrons. The molecule has 2 amide bonds. The van der Waals surface area contributed by atoms with E-state index in [0.717, 1.165) is 22.0 Å². The summed E-state index contributed by atoms with van der Waals surface area (Å²) < 4.78 is 26.1. The summed E-state index contributed by atoms with van der Waals surface area (Å²) in [4.78, 5) is 16.8. The number of amides is 2. The lowest BCUT2D eigenvalue weighted by Crippen LogP contribution is -2.43. The van der Waals surface area contributed by atoms with E-state index in [1.165, 1.54) is 17.4 Å². The Morgan fingerprint density at radius 1 is 1.39 bits per heavy atom. The second-order valence-electron chi connectivity index (χ2n) is 5.08. The van der Waals surface area contributed by atoms with Gasteiger partial charge >= 0.3 is 6.03 Å². The molecule has 0 bridgehead atoms. The molecular weight excluding hydrogens is 324 g/mol. The first-order valence-electron chi connectivity index (χ1n) is 6.95. The van der Waals surface area contributed by atoms with Crippen LogP contribution < -0.4 is 10.6 Å². The van der Waals surface area contributed by atoms with Gasteiger partial charge in [-0.15, -0.1) is 11.3 Å². The van der Waals surface area contributed by atoms with Gasteiger partial charge in [-0.3, -0.25) is 0 Å². The fraction of sp³-hybridized carbons (Fsp3) is 0.333. The number of carbonyl (C=O) groups excluding carboxylic acids is 1. The van der Waals surface area contributed by atoms with Crippen LogP contribution in [0.1, 0.15) is 28.5 Å². The number of rotatable bonds is 5. The maximum absolute atomic E-state index is 13.2. The first-order valence-corrected chi connectivity index (χ1v) is 7.77. The third-order valence-electron chi connectivity index (χ3n) is 3.21. The van der Waals surface area contributed by atoms with Crippen LogP contribution >= 0.6 is 11.3 Å². The van der Waals surface area contributed by atoms with Gasteiger partial charge in [0.15, 0.2) is 11.6 Å². The standard InChI is InChI=1S/C15H17F2N3O2S/c1-8(14(21)10-3-4-12(16)13(17)5-10)20-15(22)19-7-11-6-18-9(2)23-11/h3-6,8,14,21H,7H2,1-2H3,(H2,19,20,22). The average molecular weight is 341 g/mol. The van der Waals surface area contributed by atoms with E-state index in [4.69, 9.17) is 0 Å². The van der Waals surface area contributed by atoms with Gasteiger partial charge in [0.2, 0.25) is 0 Å². The molecule has 0 fully saturated rings. The minimum atomic E-state index is -1.15. The number of carbonyl (C=O) groups is 1. The number of nitrogens with zero attached hydrogens (tertiary/aromatic N) is 1. The zero-order valence-electron chi connectivity index (χ0n) is 12.6. The first kappa shape index (κ1) is 17.3. The number of hydrogen-bond acceptors (Lipinski definition) is 4. The largest absolute Gasteiger partial charge is 0.386 e. The molecule has 2 rings (SSSR count). The number of aromatic nitrogens is 1. The molecule has 0 radical (unpaired) electrons. The lowest BCUT2D eigenvalue weighted by molar-refractivity contribution is 0.137. The number of aliphatic hydroxyl groups excluding tert-OH is 1. The van der Waals surface area contributed by atoms with Crippen LogP contribution in [0.2, 0.25) is 0 Å². The van der Waals surface area contributed by atoms with Crippen molar-refractivity contribution in [3.05, 3.63) is 51.5 Å². The predicted octanol–water partition coefficient (Wildman–Crippen LogP) is 2.65. The minimum Gasteiger partial charge on any atom is -0.386 e. The molecule has 23 heavy (non-hydrogen) atoms. The van der Waals surface area contributed by atoms with Gasteiger partial charge in [-0.25, -0.2) is 18.6 Å². The summed E-state index contributed by atoms with van der Waals surface area (Å²) in [6, 6.07) is 1.98. The number of urea groups is 1. The van der Waals surface area contributed by atoms with E-state index in [0.29, 0.717) is 6.54 Å². The third kappa shape index (κ3) is 4.70. The van der Waals surface area contributed by atoms with Crippen LogP contribution in [0.25, 0.3) is 0 Å². The highest BCUT2D eigenvalue weighted by Crippen LogP contribution is 2.19. The summed E-state index contributed by atoms with van der Waals surface area (Å²) in [6.45, 7) is 3.77. The predicted molar refractivity (Wildman–Crippen MR) is 83.0 cm³/mol. The van der Waals surface area contributed by atoms with E-state index in [2.05, 4.69) is 15.6 Å². The average Bonchev–Trinajstić information content (AvgIpc) is 2.93. The molecule has 0 saturated heterocycles. The molecule has 1 heterocycles. The van der Waals surface area contributed by atoms with E-state index in [1.54, 1.807) is 13.1 Å². The highest BCUT2D eigenvalue weighted by Gasteiger charge is 2.19. The van der Waals surface area contributed by atoms with Crippen molar-refractivity contribution in [2.24, 2.45) is 0 Å². The third-order valence-corrected chi connectivity index (χ3v) is 4.12. The van der Waals surface area contributed by atoms with Crippen molar-refractivity contribution in [1.82, 2.24) is 15.6 Å². The van der Waals surface area contributed by atoms with E-state index >= 15 is 0 Å². The van der Waals surface area contributed by atoms with Crippen LogP contribution in [-0.4, -0.2) is 22.2 Å². The highest BCUT2D eigenvalue weighted by molar-refractivity contribution is 7.11. The summed E-state index contributed by atoms with van der Waals surface area (Å²) in [5.41, 5.74) is 0.190. The summed E-state index contributed by atoms with van der Waals surface area (Å²) in [7, 11) is 0. The van der Waals surface area contributed by atoms with Crippen LogP contribution in [0.5, 0.6) is 0 Å². The normalized spacial score (nSPS) is 13.4. The summed E-state index contributed by atoms with van der Waals surface area (Å²) >= 11 is 1.47. The number of aryl methyl sites for hydroxylation is 1. The molecule has 1 aromatic carbocycles. The second kappa shape index (κ2) is 7.47. The van der Waals surface area contributed by atoms with E-state index < -0.39 is 29.8 Å². The molecule has 2 atom stereocenters. The highest BCUT2D eigenvalue weighted by atomic mass is 32.1. The lowest BCUT2D eigenvalue weighted by Gasteiger charge is -2.21. The lowest BCUT2D eigenvalue weighted by atomic mass is 10.0. The molecule has 3 N–H and O–H groups in total. The van der Waals surface area contributed by atoms with E-state index in [-0.39, 0.29) is 5.56 Å². The van der Waals surface area contributed by atoms with E-state index in [1.807, 2.05) is 6.92 Å². The van der Waals surface area contributed by atoms with E-state index in [9.17, 15) is 18.7 Å².